The molecule has 2 aromatic carbocycles. The third kappa shape index (κ3) is 11.3. The van der Waals surface area contributed by atoms with Gasteiger partial charge in [0.1, 0.15) is 12.1 Å². The Morgan fingerprint density at radius 3 is 2.24 bits per heavy atom. The van der Waals surface area contributed by atoms with Crippen molar-refractivity contribution in [2.24, 2.45) is 0 Å². The molecule has 0 aliphatic heterocycles. The van der Waals surface area contributed by atoms with Gasteiger partial charge in [-0.05, 0) is 41.9 Å². The summed E-state index contributed by atoms with van der Waals surface area (Å²) in [5, 5.41) is 30.4. The maximum Gasteiger partial charge on any atom is 0.253 e. The van der Waals surface area contributed by atoms with Crippen molar-refractivity contribution in [2.45, 2.75) is 63.4 Å². The molecule has 0 spiro atoms. The zero-order valence-corrected chi connectivity index (χ0v) is 24.6. The monoisotopic (exact) mass is 592 g/mol. The van der Waals surface area contributed by atoms with Gasteiger partial charge in [0.2, 0.25) is 11.8 Å². The number of thioether (sulfide) groups is 1. The summed E-state index contributed by atoms with van der Waals surface area (Å²) >= 11 is 1.55. The minimum Gasteiger partial charge on any atom is -0.390 e. The van der Waals surface area contributed by atoms with E-state index < -0.39 is 42.0 Å². The van der Waals surface area contributed by atoms with Crippen molar-refractivity contribution in [3.8, 4) is 0 Å². The number of aliphatic hydroxyl groups is 2. The standard InChI is InChI=1S/C32H40N4O5S/c1-2-3-17-42-22-27(36-31(40)25-15-10-16-33-21-25)32(41)35-26(18-23-11-6-4-7-12-23)30(39)28(37)19-29(38)34-20-24-13-8-5-9-14-24/h4-16,21,26-28,30,37,39H,2-3,17-20,22H2,1H3,(H,34,38)(H,35,41)(H,36,40)/t26-,27?,28+,30+/m0/s1. The van der Waals surface area contributed by atoms with E-state index in [0.717, 1.165) is 29.7 Å². The lowest BCUT2D eigenvalue weighted by Crippen LogP contribution is -2.56. The summed E-state index contributed by atoms with van der Waals surface area (Å²) < 4.78 is 0. The van der Waals surface area contributed by atoms with Crippen molar-refractivity contribution in [2.75, 3.05) is 11.5 Å². The lowest BCUT2D eigenvalue weighted by Gasteiger charge is -2.29. The Labute approximate surface area is 251 Å². The molecule has 4 atom stereocenters. The Kier molecular flexibility index (Phi) is 14.0. The van der Waals surface area contributed by atoms with Gasteiger partial charge in [0.15, 0.2) is 0 Å². The van der Waals surface area contributed by atoms with Gasteiger partial charge in [-0.2, -0.15) is 11.8 Å². The van der Waals surface area contributed by atoms with Gasteiger partial charge in [-0.25, -0.2) is 0 Å². The highest BCUT2D eigenvalue weighted by Gasteiger charge is 2.32. The fourth-order valence-electron chi connectivity index (χ4n) is 4.23. The van der Waals surface area contributed by atoms with Crippen molar-refractivity contribution in [3.05, 3.63) is 102 Å². The first-order valence-corrected chi connectivity index (χ1v) is 15.3. The van der Waals surface area contributed by atoms with Gasteiger partial charge < -0.3 is 26.2 Å². The minimum atomic E-state index is -1.45. The molecule has 224 valence electrons. The number of hydrogen-bond donors (Lipinski definition) is 5. The van der Waals surface area contributed by atoms with E-state index >= 15 is 0 Å². The maximum atomic E-state index is 13.6. The molecule has 10 heteroatoms. The third-order valence-corrected chi connectivity index (χ3v) is 7.78. The first-order chi connectivity index (χ1) is 20.4. The van der Waals surface area contributed by atoms with Crippen molar-refractivity contribution in [1.29, 1.82) is 0 Å². The summed E-state index contributed by atoms with van der Waals surface area (Å²) in [6.07, 6.45) is 1.96. The number of aromatic nitrogens is 1. The molecule has 9 nitrogen and oxygen atoms in total. The molecule has 1 aromatic heterocycles. The molecular formula is C32H40N4O5S. The van der Waals surface area contributed by atoms with Crippen molar-refractivity contribution in [3.63, 3.8) is 0 Å². The minimum absolute atomic E-state index is 0.211. The molecule has 3 aromatic rings. The smallest absolute Gasteiger partial charge is 0.253 e. The van der Waals surface area contributed by atoms with Crippen LogP contribution in [0.15, 0.2) is 85.2 Å². The number of carbonyl (C=O) groups excluding carboxylic acids is 3. The van der Waals surface area contributed by atoms with Gasteiger partial charge in [0.25, 0.3) is 5.91 Å². The van der Waals surface area contributed by atoms with Crippen LogP contribution in [0.25, 0.3) is 0 Å². The molecule has 5 N–H and O–H groups in total. The molecule has 0 saturated carbocycles. The number of aliphatic hydroxyl groups excluding tert-OH is 2. The highest BCUT2D eigenvalue weighted by Crippen LogP contribution is 2.14. The van der Waals surface area contributed by atoms with Crippen LogP contribution in [0.4, 0.5) is 0 Å². The van der Waals surface area contributed by atoms with Crippen LogP contribution in [-0.4, -0.2) is 68.7 Å². The zero-order valence-electron chi connectivity index (χ0n) is 23.8. The average molecular weight is 593 g/mol. The molecule has 0 aliphatic carbocycles. The lowest BCUT2D eigenvalue weighted by atomic mass is 9.95. The molecule has 0 aliphatic rings. The average Bonchev–Trinajstić information content (AvgIpc) is 3.02. The van der Waals surface area contributed by atoms with Crippen LogP contribution in [0.3, 0.4) is 0 Å². The quantitative estimate of drug-likeness (QED) is 0.152. The van der Waals surface area contributed by atoms with E-state index in [1.807, 2.05) is 60.7 Å². The number of nitrogens with zero attached hydrogens (tertiary/aromatic N) is 1. The number of nitrogens with one attached hydrogen (secondary N) is 3. The molecule has 0 radical (unpaired) electrons. The normalized spacial score (nSPS) is 13.8. The van der Waals surface area contributed by atoms with Crippen LogP contribution < -0.4 is 16.0 Å². The van der Waals surface area contributed by atoms with E-state index in [1.165, 1.54) is 6.20 Å². The topological polar surface area (TPSA) is 141 Å². The van der Waals surface area contributed by atoms with Gasteiger partial charge in [0, 0.05) is 24.7 Å². The molecule has 0 saturated heterocycles. The second-order valence-corrected chi connectivity index (χ2v) is 11.2. The Hall–Kier alpha value is -3.73. The van der Waals surface area contributed by atoms with Gasteiger partial charge in [0.05, 0.1) is 24.1 Å². The first-order valence-electron chi connectivity index (χ1n) is 14.2. The number of rotatable bonds is 17. The maximum absolute atomic E-state index is 13.6. The number of unbranched alkanes of at least 4 members (excludes halogenated alkanes) is 1. The van der Waals surface area contributed by atoms with E-state index in [-0.39, 0.29) is 12.8 Å². The summed E-state index contributed by atoms with van der Waals surface area (Å²) in [6.45, 7) is 2.37. The number of hydrogen-bond acceptors (Lipinski definition) is 7. The number of amides is 3. The molecule has 0 bridgehead atoms. The predicted octanol–water partition coefficient (Wildman–Crippen LogP) is 2.87. The van der Waals surface area contributed by atoms with Gasteiger partial charge >= 0.3 is 0 Å². The Morgan fingerprint density at radius 1 is 0.905 bits per heavy atom. The first kappa shape index (κ1) is 32.8. The SMILES string of the molecule is CCCCSCC(NC(=O)c1cccnc1)C(=O)N[C@@H](Cc1ccccc1)[C@@H](O)[C@H](O)CC(=O)NCc1ccccc1. The highest BCUT2D eigenvalue weighted by molar-refractivity contribution is 7.99. The van der Waals surface area contributed by atoms with E-state index in [1.54, 1.807) is 30.1 Å². The van der Waals surface area contributed by atoms with Crippen LogP contribution in [0.1, 0.15) is 47.7 Å². The Morgan fingerprint density at radius 2 is 1.60 bits per heavy atom. The summed E-state index contributed by atoms with van der Waals surface area (Å²) in [7, 11) is 0. The third-order valence-electron chi connectivity index (χ3n) is 6.63. The van der Waals surface area contributed by atoms with Crippen LogP contribution in [0.5, 0.6) is 0 Å². The van der Waals surface area contributed by atoms with E-state index in [9.17, 15) is 24.6 Å². The van der Waals surface area contributed by atoms with Gasteiger partial charge in [-0.3, -0.25) is 19.4 Å². The predicted molar refractivity (Wildman–Crippen MR) is 165 cm³/mol. The summed E-state index contributed by atoms with van der Waals surface area (Å²) in [6, 6.07) is 20.1. The second-order valence-electron chi connectivity index (χ2n) is 10.0. The van der Waals surface area contributed by atoms with E-state index in [4.69, 9.17) is 0 Å². The number of carbonyl (C=O) groups is 3. The van der Waals surface area contributed by atoms with Gasteiger partial charge in [-0.1, -0.05) is 74.0 Å². The summed E-state index contributed by atoms with van der Waals surface area (Å²) in [5.41, 5.74) is 2.06. The fourth-order valence-corrected chi connectivity index (χ4v) is 5.36. The van der Waals surface area contributed by atoms with Crippen LogP contribution in [0, 0.1) is 0 Å². The van der Waals surface area contributed by atoms with Crippen LogP contribution in [-0.2, 0) is 22.6 Å². The number of pyridine rings is 1. The summed E-state index contributed by atoms with van der Waals surface area (Å²) in [4.78, 5) is 43.0. The van der Waals surface area contributed by atoms with Crippen molar-refractivity contribution in [1.82, 2.24) is 20.9 Å². The molecule has 1 unspecified atom stereocenters. The van der Waals surface area contributed by atoms with E-state index in [0.29, 0.717) is 17.9 Å². The van der Waals surface area contributed by atoms with Gasteiger partial charge in [-0.15, -0.1) is 0 Å². The molecule has 42 heavy (non-hydrogen) atoms. The van der Waals surface area contributed by atoms with Crippen molar-refractivity contribution >= 4 is 29.5 Å². The lowest BCUT2D eigenvalue weighted by molar-refractivity contribution is -0.127. The molecule has 3 rings (SSSR count). The van der Waals surface area contributed by atoms with Crippen LogP contribution in [0.2, 0.25) is 0 Å². The van der Waals surface area contributed by atoms with Crippen LogP contribution >= 0.6 is 11.8 Å². The largest absolute Gasteiger partial charge is 0.390 e. The highest BCUT2D eigenvalue weighted by atomic mass is 32.2. The molecule has 1 heterocycles. The molecular weight excluding hydrogens is 552 g/mol. The molecule has 0 fully saturated rings. The zero-order chi connectivity index (χ0) is 30.2. The Bertz CT molecular complexity index is 1230. The number of benzene rings is 2. The molecule has 3 amide bonds. The van der Waals surface area contributed by atoms with Crippen molar-refractivity contribution < 1.29 is 24.6 Å². The second kappa shape index (κ2) is 17.9. The Balaban J connectivity index is 1.70. The fraction of sp³-hybridized carbons (Fsp3) is 0.375. The summed E-state index contributed by atoms with van der Waals surface area (Å²) in [5.74, 6) is -0.192. The van der Waals surface area contributed by atoms with E-state index in [2.05, 4.69) is 27.9 Å².